The molecule has 6 nitrogen and oxygen atoms in total. The second-order valence-corrected chi connectivity index (χ2v) is 5.55. The van der Waals surface area contributed by atoms with Crippen LogP contribution in [-0.4, -0.2) is 46.6 Å². The molecule has 2 atom stereocenters. The number of rotatable bonds is 8. The summed E-state index contributed by atoms with van der Waals surface area (Å²) in [5, 5.41) is 33.7. The van der Waals surface area contributed by atoms with Gasteiger partial charge in [-0.1, -0.05) is 26.0 Å². The number of aliphatic hydroxyl groups is 1. The molecule has 0 aliphatic carbocycles. The van der Waals surface area contributed by atoms with Crippen LogP contribution < -0.4 is 10.6 Å². The number of hydrogen-bond donors (Lipinski definition) is 5. The van der Waals surface area contributed by atoms with Gasteiger partial charge in [-0.3, -0.25) is 0 Å². The minimum absolute atomic E-state index is 0.153. The summed E-state index contributed by atoms with van der Waals surface area (Å²) in [4.78, 5) is 10.9. The number of carboxylic acid groups (broad SMARTS) is 1. The molecule has 0 saturated heterocycles. The summed E-state index contributed by atoms with van der Waals surface area (Å²) in [5.41, 5.74) is 0.842. The van der Waals surface area contributed by atoms with Crippen molar-refractivity contribution in [3.05, 3.63) is 29.8 Å². The van der Waals surface area contributed by atoms with Crippen molar-refractivity contribution in [2.75, 3.05) is 13.1 Å². The van der Waals surface area contributed by atoms with Gasteiger partial charge in [-0.25, -0.2) is 4.79 Å². The Bertz CT molecular complexity index is 434. The van der Waals surface area contributed by atoms with Gasteiger partial charge in [0, 0.05) is 6.54 Å². The fourth-order valence-electron chi connectivity index (χ4n) is 1.99. The Kier molecular flexibility index (Phi) is 6.98. The van der Waals surface area contributed by atoms with Gasteiger partial charge in [0.1, 0.15) is 5.75 Å². The first-order chi connectivity index (χ1) is 9.88. The largest absolute Gasteiger partial charge is 0.508 e. The molecule has 0 saturated carbocycles. The van der Waals surface area contributed by atoms with E-state index in [9.17, 15) is 15.0 Å². The number of benzene rings is 1. The molecule has 0 aliphatic heterocycles. The lowest BCUT2D eigenvalue weighted by atomic mass is 10.0. The van der Waals surface area contributed by atoms with Crippen molar-refractivity contribution in [2.24, 2.45) is 5.92 Å². The topological polar surface area (TPSA) is 102 Å². The third-order valence-corrected chi connectivity index (χ3v) is 3.07. The van der Waals surface area contributed by atoms with E-state index in [4.69, 9.17) is 5.11 Å². The number of amides is 1. The highest BCUT2D eigenvalue weighted by Crippen LogP contribution is 2.12. The minimum Gasteiger partial charge on any atom is -0.508 e. The molecule has 0 bridgehead atoms. The van der Waals surface area contributed by atoms with Crippen LogP contribution in [0.2, 0.25) is 0 Å². The number of hydrogen-bond acceptors (Lipinski definition) is 4. The lowest BCUT2D eigenvalue weighted by molar-refractivity contribution is 0.117. The Morgan fingerprint density at radius 3 is 2.33 bits per heavy atom. The predicted octanol–water partition coefficient (Wildman–Crippen LogP) is 1.18. The summed E-state index contributed by atoms with van der Waals surface area (Å²) in [6, 6.07) is 5.89. The van der Waals surface area contributed by atoms with Crippen molar-refractivity contribution >= 4 is 6.09 Å². The van der Waals surface area contributed by atoms with Gasteiger partial charge in [-0.2, -0.15) is 0 Å². The minimum atomic E-state index is -1.17. The van der Waals surface area contributed by atoms with E-state index in [1.54, 1.807) is 12.1 Å². The molecule has 0 spiro atoms. The van der Waals surface area contributed by atoms with Gasteiger partial charge in [0.25, 0.3) is 0 Å². The highest BCUT2D eigenvalue weighted by atomic mass is 16.4. The summed E-state index contributed by atoms with van der Waals surface area (Å²) < 4.78 is 0. The van der Waals surface area contributed by atoms with Gasteiger partial charge in [0.05, 0.1) is 12.1 Å². The lowest BCUT2D eigenvalue weighted by Crippen LogP contribution is -2.48. The van der Waals surface area contributed by atoms with Crippen molar-refractivity contribution in [3.8, 4) is 5.75 Å². The Labute approximate surface area is 124 Å². The smallest absolute Gasteiger partial charge is 0.404 e. The number of carbonyl (C=O) groups is 1. The molecule has 118 valence electrons. The van der Waals surface area contributed by atoms with Crippen LogP contribution in [0.15, 0.2) is 24.3 Å². The molecular formula is C15H24N2O4. The van der Waals surface area contributed by atoms with E-state index >= 15 is 0 Å². The Balaban J connectivity index is 2.61. The van der Waals surface area contributed by atoms with Crippen molar-refractivity contribution < 1.29 is 20.1 Å². The van der Waals surface area contributed by atoms with Crippen LogP contribution in [0, 0.1) is 5.92 Å². The van der Waals surface area contributed by atoms with Gasteiger partial charge in [-0.05, 0) is 36.6 Å². The van der Waals surface area contributed by atoms with Gasteiger partial charge < -0.3 is 26.0 Å². The van der Waals surface area contributed by atoms with Crippen molar-refractivity contribution in [1.82, 2.24) is 10.6 Å². The molecular weight excluding hydrogens is 272 g/mol. The molecule has 0 heterocycles. The summed E-state index contributed by atoms with van der Waals surface area (Å²) in [5.74, 6) is 0.612. The molecule has 0 radical (unpaired) electrons. The molecule has 21 heavy (non-hydrogen) atoms. The van der Waals surface area contributed by atoms with Crippen molar-refractivity contribution in [2.45, 2.75) is 32.4 Å². The molecule has 0 fully saturated rings. The SMILES string of the molecule is CC(C)CNC[C@H](O)[C@H](Cc1ccc(O)cc1)NC(=O)O. The van der Waals surface area contributed by atoms with Crippen LogP contribution in [0.5, 0.6) is 5.75 Å². The van der Waals surface area contributed by atoms with E-state index < -0.39 is 18.2 Å². The van der Waals surface area contributed by atoms with E-state index in [-0.39, 0.29) is 5.75 Å². The fourth-order valence-corrected chi connectivity index (χ4v) is 1.99. The zero-order valence-electron chi connectivity index (χ0n) is 12.4. The second kappa shape index (κ2) is 8.49. The zero-order chi connectivity index (χ0) is 15.8. The Hall–Kier alpha value is -1.79. The molecule has 1 amide bonds. The first-order valence-corrected chi connectivity index (χ1v) is 7.04. The van der Waals surface area contributed by atoms with Crippen LogP contribution in [-0.2, 0) is 6.42 Å². The fraction of sp³-hybridized carbons (Fsp3) is 0.533. The molecule has 5 N–H and O–H groups in total. The third kappa shape index (κ3) is 6.97. The second-order valence-electron chi connectivity index (χ2n) is 5.55. The summed E-state index contributed by atoms with van der Waals surface area (Å²) >= 11 is 0. The van der Waals surface area contributed by atoms with E-state index in [1.165, 1.54) is 12.1 Å². The summed E-state index contributed by atoms with van der Waals surface area (Å²) in [6.45, 7) is 5.20. The van der Waals surface area contributed by atoms with Crippen LogP contribution in [0.1, 0.15) is 19.4 Å². The number of aliphatic hydroxyl groups excluding tert-OH is 1. The molecule has 0 unspecified atom stereocenters. The predicted molar refractivity (Wildman–Crippen MR) is 80.5 cm³/mol. The summed E-state index contributed by atoms with van der Waals surface area (Å²) in [6.07, 6.45) is -1.63. The van der Waals surface area contributed by atoms with E-state index in [0.29, 0.717) is 18.9 Å². The number of nitrogens with one attached hydrogen (secondary N) is 2. The number of phenols is 1. The zero-order valence-corrected chi connectivity index (χ0v) is 12.4. The quantitative estimate of drug-likeness (QED) is 0.496. The molecule has 1 aromatic carbocycles. The van der Waals surface area contributed by atoms with Gasteiger partial charge in [0.2, 0.25) is 0 Å². The number of aromatic hydroxyl groups is 1. The van der Waals surface area contributed by atoms with Crippen LogP contribution in [0.25, 0.3) is 0 Å². The first kappa shape index (κ1) is 17.3. The van der Waals surface area contributed by atoms with E-state index in [0.717, 1.165) is 12.1 Å². The van der Waals surface area contributed by atoms with Gasteiger partial charge in [-0.15, -0.1) is 0 Å². The van der Waals surface area contributed by atoms with Crippen LogP contribution in [0.4, 0.5) is 4.79 Å². The molecule has 0 aromatic heterocycles. The Morgan fingerprint density at radius 1 is 1.19 bits per heavy atom. The molecule has 6 heteroatoms. The van der Waals surface area contributed by atoms with E-state index in [1.807, 2.05) is 0 Å². The highest BCUT2D eigenvalue weighted by molar-refractivity contribution is 5.65. The number of phenolic OH excluding ortho intramolecular Hbond substituents is 1. The molecule has 1 aromatic rings. The van der Waals surface area contributed by atoms with Crippen molar-refractivity contribution in [3.63, 3.8) is 0 Å². The molecule has 1 rings (SSSR count). The normalized spacial score (nSPS) is 13.9. The third-order valence-electron chi connectivity index (χ3n) is 3.07. The lowest BCUT2D eigenvalue weighted by Gasteiger charge is -2.23. The van der Waals surface area contributed by atoms with Gasteiger partial charge in [0.15, 0.2) is 0 Å². The monoisotopic (exact) mass is 296 g/mol. The van der Waals surface area contributed by atoms with E-state index in [2.05, 4.69) is 24.5 Å². The first-order valence-electron chi connectivity index (χ1n) is 7.04. The Morgan fingerprint density at radius 2 is 1.81 bits per heavy atom. The van der Waals surface area contributed by atoms with Crippen LogP contribution in [0.3, 0.4) is 0 Å². The standard InChI is InChI=1S/C15H24N2O4/c1-10(2)8-16-9-14(19)13(17-15(20)21)7-11-3-5-12(18)6-4-11/h3-6,10,13-14,16-19H,7-9H2,1-2H3,(H,20,21)/t13-,14-/m0/s1. The van der Waals surface area contributed by atoms with Gasteiger partial charge >= 0.3 is 6.09 Å². The molecule has 0 aliphatic rings. The maximum absolute atomic E-state index is 10.9. The average molecular weight is 296 g/mol. The van der Waals surface area contributed by atoms with Crippen LogP contribution >= 0.6 is 0 Å². The maximum Gasteiger partial charge on any atom is 0.404 e. The summed E-state index contributed by atoms with van der Waals surface area (Å²) in [7, 11) is 0. The maximum atomic E-state index is 10.9. The highest BCUT2D eigenvalue weighted by Gasteiger charge is 2.21. The average Bonchev–Trinajstić information content (AvgIpc) is 2.39. The van der Waals surface area contributed by atoms with Crippen molar-refractivity contribution in [1.29, 1.82) is 0 Å².